The zero-order valence-corrected chi connectivity index (χ0v) is 13.6. The highest BCUT2D eigenvalue weighted by Gasteiger charge is 2.29. The molecule has 1 aliphatic carbocycles. The predicted octanol–water partition coefficient (Wildman–Crippen LogP) is 4.39. The zero-order valence-electron chi connectivity index (χ0n) is 13.6. The predicted molar refractivity (Wildman–Crippen MR) is 83.5 cm³/mol. The molecule has 2 unspecified atom stereocenters. The van der Waals surface area contributed by atoms with E-state index in [1.807, 2.05) is 0 Å². The average molecular weight is 269 g/mol. The summed E-state index contributed by atoms with van der Waals surface area (Å²) in [6.45, 7) is 7.62. The normalized spacial score (nSPS) is 20.7. The molecule has 1 N–H and O–H groups in total. The van der Waals surface area contributed by atoms with Gasteiger partial charge in [-0.25, -0.2) is 0 Å². The van der Waals surface area contributed by atoms with Crippen LogP contribution in [0.25, 0.3) is 0 Å². The minimum atomic E-state index is 0.433. The Hall–Kier alpha value is -0.0800. The van der Waals surface area contributed by atoms with E-state index in [9.17, 15) is 0 Å². The Morgan fingerprint density at radius 2 is 1.79 bits per heavy atom. The number of hydrogen-bond donors (Lipinski definition) is 1. The van der Waals surface area contributed by atoms with Crippen LogP contribution in [-0.2, 0) is 4.74 Å². The van der Waals surface area contributed by atoms with E-state index in [1.165, 1.54) is 51.4 Å². The second-order valence-electron chi connectivity index (χ2n) is 6.54. The highest BCUT2D eigenvalue weighted by Crippen LogP contribution is 2.30. The SMILES string of the molecule is CCOC(C1CCCCC1)C(CCCC(C)C)NC. The molecule has 0 amide bonds. The van der Waals surface area contributed by atoms with Crippen LogP contribution in [0.4, 0.5) is 0 Å². The van der Waals surface area contributed by atoms with Crippen molar-refractivity contribution in [2.45, 2.75) is 84.3 Å². The molecule has 2 nitrogen and oxygen atoms in total. The third-order valence-electron chi connectivity index (χ3n) is 4.54. The summed E-state index contributed by atoms with van der Waals surface area (Å²) in [6, 6.07) is 0.543. The third-order valence-corrected chi connectivity index (χ3v) is 4.54. The number of nitrogens with one attached hydrogen (secondary N) is 1. The van der Waals surface area contributed by atoms with Crippen molar-refractivity contribution in [3.05, 3.63) is 0 Å². The molecule has 2 heteroatoms. The van der Waals surface area contributed by atoms with E-state index in [0.717, 1.165) is 18.4 Å². The Bertz CT molecular complexity index is 211. The molecule has 1 rings (SSSR count). The Balaban J connectivity index is 2.49. The second kappa shape index (κ2) is 9.77. The van der Waals surface area contributed by atoms with Crippen molar-refractivity contribution in [3.8, 4) is 0 Å². The molecular formula is C17H35NO. The Morgan fingerprint density at radius 1 is 1.11 bits per heavy atom. The maximum absolute atomic E-state index is 6.13. The smallest absolute Gasteiger partial charge is 0.0755 e. The van der Waals surface area contributed by atoms with Gasteiger partial charge in [-0.1, -0.05) is 46.0 Å². The molecule has 1 aliphatic rings. The van der Waals surface area contributed by atoms with E-state index in [2.05, 4.69) is 33.1 Å². The van der Waals surface area contributed by atoms with Gasteiger partial charge >= 0.3 is 0 Å². The van der Waals surface area contributed by atoms with Crippen molar-refractivity contribution in [2.75, 3.05) is 13.7 Å². The van der Waals surface area contributed by atoms with Gasteiger partial charge in [0.2, 0.25) is 0 Å². The van der Waals surface area contributed by atoms with E-state index in [4.69, 9.17) is 4.74 Å². The molecule has 1 saturated carbocycles. The highest BCUT2D eigenvalue weighted by molar-refractivity contribution is 4.84. The van der Waals surface area contributed by atoms with Crippen molar-refractivity contribution in [3.63, 3.8) is 0 Å². The van der Waals surface area contributed by atoms with Crippen molar-refractivity contribution in [1.29, 1.82) is 0 Å². The zero-order chi connectivity index (χ0) is 14.1. The highest BCUT2D eigenvalue weighted by atomic mass is 16.5. The third kappa shape index (κ3) is 6.27. The number of ether oxygens (including phenoxy) is 1. The van der Waals surface area contributed by atoms with Crippen LogP contribution in [-0.4, -0.2) is 25.8 Å². The molecule has 0 radical (unpaired) electrons. The standard InChI is InChI=1S/C17H35NO/c1-5-19-17(15-11-7-6-8-12-15)16(18-4)13-9-10-14(2)3/h14-18H,5-13H2,1-4H3. The lowest BCUT2D eigenvalue weighted by Crippen LogP contribution is -2.44. The fourth-order valence-corrected chi connectivity index (χ4v) is 3.45. The summed E-state index contributed by atoms with van der Waals surface area (Å²) in [4.78, 5) is 0. The molecule has 0 heterocycles. The lowest BCUT2D eigenvalue weighted by Gasteiger charge is -2.35. The van der Waals surface area contributed by atoms with Crippen molar-refractivity contribution in [1.82, 2.24) is 5.32 Å². The molecule has 2 atom stereocenters. The molecule has 0 aliphatic heterocycles. The Labute approximate surface area is 120 Å². The Morgan fingerprint density at radius 3 is 2.32 bits per heavy atom. The first-order valence-corrected chi connectivity index (χ1v) is 8.47. The van der Waals surface area contributed by atoms with Gasteiger partial charge < -0.3 is 10.1 Å². The molecule has 1 fully saturated rings. The molecule has 114 valence electrons. The van der Waals surface area contributed by atoms with Gasteiger partial charge in [0.15, 0.2) is 0 Å². The summed E-state index contributed by atoms with van der Waals surface area (Å²) in [6.07, 6.45) is 11.3. The van der Waals surface area contributed by atoms with E-state index < -0.39 is 0 Å². The van der Waals surface area contributed by atoms with Crippen LogP contribution in [0.15, 0.2) is 0 Å². The topological polar surface area (TPSA) is 21.3 Å². The summed E-state index contributed by atoms with van der Waals surface area (Å²) in [7, 11) is 2.11. The van der Waals surface area contributed by atoms with Crippen LogP contribution in [0.2, 0.25) is 0 Å². The summed E-state index contributed by atoms with van der Waals surface area (Å²) in [5.41, 5.74) is 0. The van der Waals surface area contributed by atoms with E-state index in [1.54, 1.807) is 0 Å². The molecule has 0 bridgehead atoms. The quantitative estimate of drug-likeness (QED) is 0.670. The summed E-state index contributed by atoms with van der Waals surface area (Å²) >= 11 is 0. The minimum absolute atomic E-state index is 0.433. The summed E-state index contributed by atoms with van der Waals surface area (Å²) < 4.78 is 6.13. The Kier molecular flexibility index (Phi) is 8.72. The molecule has 0 aromatic rings. The summed E-state index contributed by atoms with van der Waals surface area (Å²) in [5.74, 6) is 1.60. The van der Waals surface area contributed by atoms with Gasteiger partial charge in [0.25, 0.3) is 0 Å². The maximum atomic E-state index is 6.13. The largest absolute Gasteiger partial charge is 0.377 e. The van der Waals surface area contributed by atoms with Gasteiger partial charge in [-0.15, -0.1) is 0 Å². The lowest BCUT2D eigenvalue weighted by molar-refractivity contribution is -0.0183. The van der Waals surface area contributed by atoms with Gasteiger partial charge in [0.05, 0.1) is 6.10 Å². The maximum Gasteiger partial charge on any atom is 0.0755 e. The van der Waals surface area contributed by atoms with Gasteiger partial charge in [0, 0.05) is 12.6 Å². The van der Waals surface area contributed by atoms with Crippen molar-refractivity contribution >= 4 is 0 Å². The number of rotatable bonds is 9. The first-order valence-electron chi connectivity index (χ1n) is 8.47. The first-order chi connectivity index (χ1) is 9.19. The number of likely N-dealkylation sites (N-methyl/N-ethyl adjacent to an activating group) is 1. The van der Waals surface area contributed by atoms with E-state index >= 15 is 0 Å². The van der Waals surface area contributed by atoms with Gasteiger partial charge in [0.1, 0.15) is 0 Å². The molecule has 19 heavy (non-hydrogen) atoms. The average Bonchev–Trinajstić information content (AvgIpc) is 2.42. The van der Waals surface area contributed by atoms with Gasteiger partial charge in [-0.2, -0.15) is 0 Å². The van der Waals surface area contributed by atoms with Crippen LogP contribution >= 0.6 is 0 Å². The van der Waals surface area contributed by atoms with Crippen LogP contribution in [0.1, 0.15) is 72.1 Å². The van der Waals surface area contributed by atoms with Crippen LogP contribution in [0.3, 0.4) is 0 Å². The van der Waals surface area contributed by atoms with Gasteiger partial charge in [-0.3, -0.25) is 0 Å². The fourth-order valence-electron chi connectivity index (χ4n) is 3.45. The summed E-state index contributed by atoms with van der Waals surface area (Å²) in [5, 5.41) is 3.53. The number of hydrogen-bond acceptors (Lipinski definition) is 2. The first kappa shape index (κ1) is 17.0. The minimum Gasteiger partial charge on any atom is -0.377 e. The van der Waals surface area contributed by atoms with E-state index in [0.29, 0.717) is 12.1 Å². The monoisotopic (exact) mass is 269 g/mol. The fraction of sp³-hybridized carbons (Fsp3) is 1.00. The lowest BCUT2D eigenvalue weighted by atomic mass is 9.81. The molecule has 0 aromatic carbocycles. The van der Waals surface area contributed by atoms with Crippen LogP contribution in [0.5, 0.6) is 0 Å². The second-order valence-corrected chi connectivity index (χ2v) is 6.54. The van der Waals surface area contributed by atoms with Crippen LogP contribution < -0.4 is 5.32 Å². The van der Waals surface area contributed by atoms with E-state index in [-0.39, 0.29) is 0 Å². The molecular weight excluding hydrogens is 234 g/mol. The van der Waals surface area contributed by atoms with Crippen molar-refractivity contribution in [2.24, 2.45) is 11.8 Å². The molecule has 0 saturated heterocycles. The van der Waals surface area contributed by atoms with Gasteiger partial charge in [-0.05, 0) is 45.1 Å². The molecule has 0 aromatic heterocycles. The van der Waals surface area contributed by atoms with Crippen molar-refractivity contribution < 1.29 is 4.74 Å². The molecule has 0 spiro atoms. The van der Waals surface area contributed by atoms with Crippen LogP contribution in [0, 0.1) is 11.8 Å².